The lowest BCUT2D eigenvalue weighted by molar-refractivity contribution is -0.170. The fourth-order valence-corrected chi connectivity index (χ4v) is 5.77. The zero-order valence-electron chi connectivity index (χ0n) is 15.1. The van der Waals surface area contributed by atoms with Crippen molar-refractivity contribution in [3.63, 3.8) is 0 Å². The highest BCUT2D eigenvalue weighted by molar-refractivity contribution is 5.65. The Balaban J connectivity index is 2.13. The van der Waals surface area contributed by atoms with Gasteiger partial charge in [0.2, 0.25) is 0 Å². The summed E-state index contributed by atoms with van der Waals surface area (Å²) in [5.74, 6) is 0.778. The van der Waals surface area contributed by atoms with E-state index in [1.165, 1.54) is 26.2 Å². The van der Waals surface area contributed by atoms with Crippen LogP contribution in [0.2, 0.25) is 0 Å². The molecule has 4 atom stereocenters. The van der Waals surface area contributed by atoms with Crippen molar-refractivity contribution in [3.05, 3.63) is 0 Å². The number of hydrogen-bond donors (Lipinski definition) is 1. The molecule has 0 heterocycles. The molecule has 0 aromatic carbocycles. The number of fused-ring (bicyclic) bond motifs is 1. The highest BCUT2D eigenvalue weighted by Gasteiger charge is 2.57. The maximum Gasteiger partial charge on any atom is 0.302 e. The lowest BCUT2D eigenvalue weighted by Gasteiger charge is -2.61. The quantitative estimate of drug-likeness (QED) is 0.621. The average Bonchev–Trinajstić information content (AvgIpc) is 2.35. The largest absolute Gasteiger partial charge is 0.466 e. The van der Waals surface area contributed by atoms with Crippen molar-refractivity contribution < 1.29 is 14.6 Å². The van der Waals surface area contributed by atoms with Crippen LogP contribution in [0, 0.1) is 22.7 Å². The number of carbonyl (C=O) groups is 1. The molecule has 0 unspecified atom stereocenters. The second-order valence-corrected chi connectivity index (χ2v) is 8.83. The van der Waals surface area contributed by atoms with Crippen LogP contribution in [0.3, 0.4) is 0 Å². The Labute approximate surface area is 135 Å². The third-order valence-corrected chi connectivity index (χ3v) is 6.70. The molecule has 0 saturated heterocycles. The molecule has 0 aromatic heterocycles. The van der Waals surface area contributed by atoms with Crippen LogP contribution in [0.5, 0.6) is 0 Å². The van der Waals surface area contributed by atoms with Crippen LogP contribution in [0.1, 0.15) is 79.6 Å². The number of carbonyl (C=O) groups excluding carboxylic acids is 1. The van der Waals surface area contributed by atoms with Crippen LogP contribution >= 0.6 is 0 Å². The van der Waals surface area contributed by atoms with Crippen molar-refractivity contribution >= 4 is 5.97 Å². The van der Waals surface area contributed by atoms with E-state index in [-0.39, 0.29) is 11.4 Å². The van der Waals surface area contributed by atoms with Crippen molar-refractivity contribution in [2.75, 3.05) is 6.61 Å². The van der Waals surface area contributed by atoms with Gasteiger partial charge in [0, 0.05) is 6.92 Å². The van der Waals surface area contributed by atoms with Crippen LogP contribution in [0.4, 0.5) is 0 Å². The second-order valence-electron chi connectivity index (χ2n) is 8.83. The first kappa shape index (κ1) is 17.8. The first-order valence-electron chi connectivity index (χ1n) is 8.95. The predicted octanol–water partition coefficient (Wildman–Crippen LogP) is 4.32. The molecule has 1 N–H and O–H groups in total. The van der Waals surface area contributed by atoms with Crippen molar-refractivity contribution in [2.45, 2.75) is 85.2 Å². The van der Waals surface area contributed by atoms with E-state index in [1.54, 1.807) is 0 Å². The van der Waals surface area contributed by atoms with Gasteiger partial charge in [-0.05, 0) is 68.1 Å². The van der Waals surface area contributed by atoms with Gasteiger partial charge in [-0.2, -0.15) is 0 Å². The zero-order chi connectivity index (χ0) is 16.6. The lowest BCUT2D eigenvalue weighted by Crippen LogP contribution is -2.57. The minimum Gasteiger partial charge on any atom is -0.466 e. The van der Waals surface area contributed by atoms with E-state index in [0.717, 1.165) is 25.7 Å². The van der Waals surface area contributed by atoms with E-state index in [4.69, 9.17) is 4.74 Å². The monoisotopic (exact) mass is 310 g/mol. The van der Waals surface area contributed by atoms with Gasteiger partial charge in [-0.15, -0.1) is 0 Å². The first-order chi connectivity index (χ1) is 10.1. The standard InChI is InChI=1S/C19H34O3/c1-14(20)22-13-6-8-16-18(4)11-7-10-17(2,3)15(18)9-12-19(16,5)21/h15-16,21H,6-13H2,1-5H3/t15-,16+,18-,19+/m0/s1. The first-order valence-corrected chi connectivity index (χ1v) is 8.95. The number of rotatable bonds is 4. The Morgan fingerprint density at radius 3 is 2.50 bits per heavy atom. The summed E-state index contributed by atoms with van der Waals surface area (Å²) >= 11 is 0. The van der Waals surface area contributed by atoms with Gasteiger partial charge in [0.15, 0.2) is 0 Å². The molecule has 0 aliphatic heterocycles. The number of hydrogen-bond acceptors (Lipinski definition) is 3. The molecule has 3 nitrogen and oxygen atoms in total. The van der Waals surface area contributed by atoms with Crippen LogP contribution in [-0.4, -0.2) is 23.3 Å². The molecule has 3 heteroatoms. The molecule has 2 aliphatic carbocycles. The summed E-state index contributed by atoms with van der Waals surface area (Å²) in [7, 11) is 0. The number of esters is 1. The maximum atomic E-state index is 11.0. The molecule has 2 fully saturated rings. The molecule has 0 radical (unpaired) electrons. The maximum absolute atomic E-state index is 11.0. The minimum absolute atomic E-state index is 0.208. The van der Waals surface area contributed by atoms with Gasteiger partial charge in [-0.25, -0.2) is 0 Å². The predicted molar refractivity (Wildman–Crippen MR) is 88.4 cm³/mol. The van der Waals surface area contributed by atoms with Gasteiger partial charge in [-0.1, -0.05) is 27.2 Å². The molecule has 0 bridgehead atoms. The zero-order valence-corrected chi connectivity index (χ0v) is 15.1. The van der Waals surface area contributed by atoms with Gasteiger partial charge in [-0.3, -0.25) is 4.79 Å². The summed E-state index contributed by atoms with van der Waals surface area (Å²) in [6.45, 7) is 11.2. The van der Waals surface area contributed by atoms with E-state index in [9.17, 15) is 9.90 Å². The normalized spacial score (nSPS) is 40.8. The summed E-state index contributed by atoms with van der Waals surface area (Å²) in [6, 6.07) is 0. The van der Waals surface area contributed by atoms with Gasteiger partial charge < -0.3 is 9.84 Å². The molecule has 2 saturated carbocycles. The van der Waals surface area contributed by atoms with Crippen LogP contribution in [0.25, 0.3) is 0 Å². The van der Waals surface area contributed by atoms with Crippen molar-refractivity contribution in [2.24, 2.45) is 22.7 Å². The molecule has 2 aliphatic rings. The molecular weight excluding hydrogens is 276 g/mol. The Morgan fingerprint density at radius 2 is 1.86 bits per heavy atom. The van der Waals surface area contributed by atoms with Crippen molar-refractivity contribution in [1.82, 2.24) is 0 Å². The smallest absolute Gasteiger partial charge is 0.302 e. The SMILES string of the molecule is CC(=O)OCCC[C@@H]1[C@@]2(C)CCCC(C)(C)[C@@H]2CC[C@@]1(C)O. The van der Waals surface area contributed by atoms with Crippen LogP contribution in [-0.2, 0) is 9.53 Å². The summed E-state index contributed by atoms with van der Waals surface area (Å²) in [5.41, 5.74) is -0.00769. The molecule has 2 rings (SSSR count). The number of aliphatic hydroxyl groups is 1. The fourth-order valence-electron chi connectivity index (χ4n) is 5.77. The lowest BCUT2D eigenvalue weighted by atomic mass is 9.45. The van der Waals surface area contributed by atoms with Crippen LogP contribution < -0.4 is 0 Å². The summed E-state index contributed by atoms with van der Waals surface area (Å²) < 4.78 is 5.09. The van der Waals surface area contributed by atoms with E-state index in [1.807, 2.05) is 6.92 Å². The minimum atomic E-state index is -0.588. The molecular formula is C19H34O3. The van der Waals surface area contributed by atoms with E-state index >= 15 is 0 Å². The van der Waals surface area contributed by atoms with Crippen molar-refractivity contribution in [3.8, 4) is 0 Å². The van der Waals surface area contributed by atoms with Gasteiger partial charge in [0.05, 0.1) is 12.2 Å². The molecule has 0 amide bonds. The molecule has 22 heavy (non-hydrogen) atoms. The third-order valence-electron chi connectivity index (χ3n) is 6.70. The van der Waals surface area contributed by atoms with Gasteiger partial charge in [0.25, 0.3) is 0 Å². The average molecular weight is 310 g/mol. The fraction of sp³-hybridized carbons (Fsp3) is 0.947. The summed E-state index contributed by atoms with van der Waals surface area (Å²) in [4.78, 5) is 10.9. The van der Waals surface area contributed by atoms with E-state index in [2.05, 4.69) is 20.8 Å². The Kier molecular flexibility index (Phi) is 4.97. The molecule has 0 aromatic rings. The molecule has 0 spiro atoms. The highest BCUT2D eigenvalue weighted by atomic mass is 16.5. The third kappa shape index (κ3) is 3.34. The van der Waals surface area contributed by atoms with Gasteiger partial charge in [0.1, 0.15) is 0 Å². The van der Waals surface area contributed by atoms with Crippen LogP contribution in [0.15, 0.2) is 0 Å². The Hall–Kier alpha value is -0.570. The van der Waals surface area contributed by atoms with Crippen molar-refractivity contribution in [1.29, 1.82) is 0 Å². The van der Waals surface area contributed by atoms with Gasteiger partial charge >= 0.3 is 5.97 Å². The van der Waals surface area contributed by atoms with E-state index < -0.39 is 5.60 Å². The van der Waals surface area contributed by atoms with E-state index in [0.29, 0.717) is 23.9 Å². The summed E-state index contributed by atoms with van der Waals surface area (Å²) in [5, 5.41) is 11.0. The Bertz CT molecular complexity index is 413. The second kappa shape index (κ2) is 6.14. The highest BCUT2D eigenvalue weighted by Crippen LogP contribution is 2.62. The number of ether oxygens (including phenoxy) is 1. The Morgan fingerprint density at radius 1 is 1.18 bits per heavy atom. The molecule has 128 valence electrons. The summed E-state index contributed by atoms with van der Waals surface area (Å²) in [6.07, 6.45) is 7.61. The topological polar surface area (TPSA) is 46.5 Å².